The van der Waals surface area contributed by atoms with E-state index in [0.29, 0.717) is 17.3 Å². The molecule has 7 nitrogen and oxygen atoms in total. The minimum absolute atomic E-state index is 0.0440. The van der Waals surface area contributed by atoms with Gasteiger partial charge in [-0.15, -0.1) is 0 Å². The SMILES string of the molecule is CCC(=O)Nc1ccc(C(C)NC(=O)CCn2cnc3ccccc3c2=O)cc1. The molecule has 2 N–H and O–H groups in total. The summed E-state index contributed by atoms with van der Waals surface area (Å²) >= 11 is 0. The van der Waals surface area contributed by atoms with Crippen LogP contribution in [-0.4, -0.2) is 21.4 Å². The van der Waals surface area contributed by atoms with Gasteiger partial charge in [-0.05, 0) is 36.8 Å². The van der Waals surface area contributed by atoms with Crippen LogP contribution in [0.15, 0.2) is 59.7 Å². The molecule has 0 saturated heterocycles. The van der Waals surface area contributed by atoms with Crippen LogP contribution in [0, 0.1) is 0 Å². The van der Waals surface area contributed by atoms with E-state index in [-0.39, 0.29) is 36.4 Å². The van der Waals surface area contributed by atoms with Crippen molar-refractivity contribution in [3.63, 3.8) is 0 Å². The standard InChI is InChI=1S/C22H24N4O3/c1-3-20(27)25-17-10-8-16(9-11-17)15(2)24-21(28)12-13-26-14-23-19-7-5-4-6-18(19)22(26)29/h4-11,14-15H,3,12-13H2,1-2H3,(H,24,28)(H,25,27). The highest BCUT2D eigenvalue weighted by Gasteiger charge is 2.11. The molecule has 2 aromatic carbocycles. The number of nitrogens with zero attached hydrogens (tertiary/aromatic N) is 2. The molecule has 150 valence electrons. The minimum atomic E-state index is -0.190. The van der Waals surface area contributed by atoms with Gasteiger partial charge in [0, 0.05) is 25.1 Å². The van der Waals surface area contributed by atoms with Crippen molar-refractivity contribution in [3.05, 3.63) is 70.8 Å². The summed E-state index contributed by atoms with van der Waals surface area (Å²) < 4.78 is 1.46. The third kappa shape index (κ3) is 5.07. The van der Waals surface area contributed by atoms with Crippen LogP contribution in [0.2, 0.25) is 0 Å². The minimum Gasteiger partial charge on any atom is -0.350 e. The summed E-state index contributed by atoms with van der Waals surface area (Å²) in [5, 5.41) is 6.26. The number of aromatic nitrogens is 2. The Hall–Kier alpha value is -3.48. The topological polar surface area (TPSA) is 93.1 Å². The highest BCUT2D eigenvalue weighted by Crippen LogP contribution is 2.16. The van der Waals surface area contributed by atoms with Crippen molar-refractivity contribution < 1.29 is 9.59 Å². The quantitative estimate of drug-likeness (QED) is 0.646. The van der Waals surface area contributed by atoms with E-state index in [0.717, 1.165) is 11.3 Å². The van der Waals surface area contributed by atoms with Gasteiger partial charge < -0.3 is 10.6 Å². The first-order valence-corrected chi connectivity index (χ1v) is 9.61. The van der Waals surface area contributed by atoms with E-state index >= 15 is 0 Å². The molecule has 1 unspecified atom stereocenters. The van der Waals surface area contributed by atoms with Gasteiger partial charge in [-0.1, -0.05) is 31.2 Å². The van der Waals surface area contributed by atoms with Crippen molar-refractivity contribution in [2.75, 3.05) is 5.32 Å². The maximum atomic E-state index is 12.5. The third-order valence-electron chi connectivity index (χ3n) is 4.70. The van der Waals surface area contributed by atoms with Crippen molar-refractivity contribution in [1.29, 1.82) is 0 Å². The smallest absolute Gasteiger partial charge is 0.261 e. The Morgan fingerprint density at radius 3 is 2.52 bits per heavy atom. The lowest BCUT2D eigenvalue weighted by Gasteiger charge is -2.15. The number of benzene rings is 2. The zero-order valence-corrected chi connectivity index (χ0v) is 16.5. The predicted molar refractivity (Wildman–Crippen MR) is 113 cm³/mol. The molecule has 0 aliphatic rings. The third-order valence-corrected chi connectivity index (χ3v) is 4.70. The number of carbonyl (C=O) groups is 2. The van der Waals surface area contributed by atoms with Crippen molar-refractivity contribution in [1.82, 2.24) is 14.9 Å². The molecule has 0 aliphatic carbocycles. The van der Waals surface area contributed by atoms with Crippen LogP contribution in [0.25, 0.3) is 10.9 Å². The first kappa shape index (κ1) is 20.3. The zero-order valence-electron chi connectivity index (χ0n) is 16.5. The molecule has 1 aromatic heterocycles. The number of nitrogens with one attached hydrogen (secondary N) is 2. The van der Waals surface area contributed by atoms with Crippen LogP contribution in [0.1, 0.15) is 38.3 Å². The molecular weight excluding hydrogens is 368 g/mol. The summed E-state index contributed by atoms with van der Waals surface area (Å²) in [7, 11) is 0. The van der Waals surface area contributed by atoms with Gasteiger partial charge >= 0.3 is 0 Å². The molecule has 7 heteroatoms. The summed E-state index contributed by atoms with van der Waals surface area (Å²) in [5.74, 6) is -0.196. The molecule has 2 amide bonds. The van der Waals surface area contributed by atoms with Gasteiger partial charge in [0.1, 0.15) is 0 Å². The second-order valence-corrected chi connectivity index (χ2v) is 6.82. The normalized spacial score (nSPS) is 11.8. The van der Waals surface area contributed by atoms with E-state index < -0.39 is 0 Å². The lowest BCUT2D eigenvalue weighted by Crippen LogP contribution is -2.29. The first-order chi connectivity index (χ1) is 14.0. The van der Waals surface area contributed by atoms with Gasteiger partial charge in [-0.3, -0.25) is 19.0 Å². The molecular formula is C22H24N4O3. The number of hydrogen-bond acceptors (Lipinski definition) is 4. The fourth-order valence-electron chi connectivity index (χ4n) is 2.99. The van der Waals surface area contributed by atoms with Crippen LogP contribution >= 0.6 is 0 Å². The maximum absolute atomic E-state index is 12.5. The van der Waals surface area contributed by atoms with Crippen molar-refractivity contribution >= 4 is 28.4 Å². The second kappa shape index (κ2) is 9.14. The monoisotopic (exact) mass is 392 g/mol. The van der Waals surface area contributed by atoms with Crippen LogP contribution in [-0.2, 0) is 16.1 Å². The molecule has 0 spiro atoms. The number of hydrogen-bond donors (Lipinski definition) is 2. The molecule has 0 saturated carbocycles. The lowest BCUT2D eigenvalue weighted by molar-refractivity contribution is -0.122. The number of rotatable bonds is 7. The van der Waals surface area contributed by atoms with E-state index in [1.807, 2.05) is 37.3 Å². The number of carbonyl (C=O) groups excluding carboxylic acids is 2. The second-order valence-electron chi connectivity index (χ2n) is 6.82. The zero-order chi connectivity index (χ0) is 20.8. The van der Waals surface area contributed by atoms with E-state index in [1.54, 1.807) is 25.1 Å². The summed E-state index contributed by atoms with van der Waals surface area (Å²) in [5.41, 5.74) is 2.14. The molecule has 0 fully saturated rings. The Balaban J connectivity index is 1.57. The summed E-state index contributed by atoms with van der Waals surface area (Å²) in [4.78, 5) is 40.5. The fraction of sp³-hybridized carbons (Fsp3) is 0.273. The molecule has 3 rings (SSSR count). The van der Waals surface area contributed by atoms with Crippen LogP contribution < -0.4 is 16.2 Å². The molecule has 1 atom stereocenters. The molecule has 1 heterocycles. The van der Waals surface area contributed by atoms with Gasteiger partial charge in [0.05, 0.1) is 23.3 Å². The Morgan fingerprint density at radius 1 is 1.07 bits per heavy atom. The number of amides is 2. The number of fused-ring (bicyclic) bond motifs is 1. The van der Waals surface area contributed by atoms with E-state index in [2.05, 4.69) is 15.6 Å². The molecule has 3 aromatic rings. The lowest BCUT2D eigenvalue weighted by atomic mass is 10.1. The van der Waals surface area contributed by atoms with Gasteiger partial charge in [0.15, 0.2) is 0 Å². The average molecular weight is 392 g/mol. The van der Waals surface area contributed by atoms with E-state index in [4.69, 9.17) is 0 Å². The van der Waals surface area contributed by atoms with Crippen molar-refractivity contribution in [2.24, 2.45) is 0 Å². The van der Waals surface area contributed by atoms with E-state index in [1.165, 1.54) is 10.9 Å². The van der Waals surface area contributed by atoms with Crippen LogP contribution in [0.3, 0.4) is 0 Å². The maximum Gasteiger partial charge on any atom is 0.261 e. The van der Waals surface area contributed by atoms with Crippen LogP contribution in [0.5, 0.6) is 0 Å². The van der Waals surface area contributed by atoms with Gasteiger partial charge in [0.2, 0.25) is 11.8 Å². The summed E-state index contributed by atoms with van der Waals surface area (Å²) in [6.45, 7) is 3.95. The van der Waals surface area contributed by atoms with Crippen molar-refractivity contribution in [3.8, 4) is 0 Å². The fourth-order valence-corrected chi connectivity index (χ4v) is 2.99. The number of aryl methyl sites for hydroxylation is 1. The van der Waals surface area contributed by atoms with Gasteiger partial charge in [0.25, 0.3) is 5.56 Å². The predicted octanol–water partition coefficient (Wildman–Crippen LogP) is 3.01. The number of para-hydroxylation sites is 1. The first-order valence-electron chi connectivity index (χ1n) is 9.61. The van der Waals surface area contributed by atoms with E-state index in [9.17, 15) is 14.4 Å². The Bertz CT molecular complexity index is 1070. The van der Waals surface area contributed by atoms with Crippen LogP contribution in [0.4, 0.5) is 5.69 Å². The Labute approximate surface area is 168 Å². The molecule has 29 heavy (non-hydrogen) atoms. The largest absolute Gasteiger partial charge is 0.350 e. The number of anilines is 1. The van der Waals surface area contributed by atoms with Gasteiger partial charge in [-0.2, -0.15) is 0 Å². The average Bonchev–Trinajstić information content (AvgIpc) is 2.73. The molecule has 0 bridgehead atoms. The molecule has 0 aliphatic heterocycles. The van der Waals surface area contributed by atoms with Crippen molar-refractivity contribution in [2.45, 2.75) is 39.3 Å². The highest BCUT2D eigenvalue weighted by molar-refractivity contribution is 5.90. The highest BCUT2D eigenvalue weighted by atomic mass is 16.2. The van der Waals surface area contributed by atoms with Gasteiger partial charge in [-0.25, -0.2) is 4.98 Å². The summed E-state index contributed by atoms with van der Waals surface area (Å²) in [6.07, 6.45) is 2.07. The molecule has 0 radical (unpaired) electrons. The Kier molecular flexibility index (Phi) is 6.39. The summed E-state index contributed by atoms with van der Waals surface area (Å²) in [6, 6.07) is 14.3. The Morgan fingerprint density at radius 2 is 1.79 bits per heavy atom.